The number of hydrogen-bond acceptors (Lipinski definition) is 9. The molecular weight excluding hydrogens is 506 g/mol. The molecule has 2 aromatic rings. The Kier molecular flexibility index (Phi) is 13.8. The number of ether oxygens (including phenoxy) is 2. The number of hydrogen-bond donors (Lipinski definition) is 3. The van der Waals surface area contributed by atoms with Crippen molar-refractivity contribution in [1.82, 2.24) is 14.9 Å². The SMILES string of the molecule is C.C.CCC[C@@H](CCO)Nc1nc(N)nc(C)c1Cc1ccc(CN2CCC[C@@H]2C(=O)OC(C)(C)C)cc1OC. The first kappa shape index (κ1) is 35.1. The van der Waals surface area contributed by atoms with Crippen LogP contribution in [0.15, 0.2) is 18.2 Å². The van der Waals surface area contributed by atoms with E-state index in [1.807, 2.05) is 33.8 Å². The zero-order valence-electron chi connectivity index (χ0n) is 23.8. The smallest absolute Gasteiger partial charge is 0.323 e. The van der Waals surface area contributed by atoms with Gasteiger partial charge in [0.25, 0.3) is 0 Å². The van der Waals surface area contributed by atoms with Crippen LogP contribution in [0.25, 0.3) is 0 Å². The lowest BCUT2D eigenvalue weighted by Gasteiger charge is -2.27. The number of aryl methyl sites for hydroxylation is 1. The summed E-state index contributed by atoms with van der Waals surface area (Å²) in [5, 5.41) is 13.0. The zero-order chi connectivity index (χ0) is 27.9. The first-order chi connectivity index (χ1) is 18.0. The van der Waals surface area contributed by atoms with E-state index in [1.165, 1.54) is 0 Å². The third-order valence-corrected chi connectivity index (χ3v) is 6.83. The normalized spacial score (nSPS) is 16.0. The topological polar surface area (TPSA) is 123 Å². The highest BCUT2D eigenvalue weighted by atomic mass is 16.6. The van der Waals surface area contributed by atoms with Crippen molar-refractivity contribution in [2.75, 3.05) is 31.3 Å². The maximum Gasteiger partial charge on any atom is 0.323 e. The third kappa shape index (κ3) is 9.63. The zero-order valence-corrected chi connectivity index (χ0v) is 23.8. The third-order valence-electron chi connectivity index (χ3n) is 6.83. The molecule has 1 aromatic heterocycles. The molecule has 1 aromatic carbocycles. The van der Waals surface area contributed by atoms with Crippen molar-refractivity contribution < 1.29 is 19.4 Å². The Morgan fingerprint density at radius 3 is 2.60 bits per heavy atom. The number of aromatic nitrogens is 2. The number of esters is 1. The minimum atomic E-state index is -0.497. The summed E-state index contributed by atoms with van der Waals surface area (Å²) in [6, 6.07) is 6.09. The van der Waals surface area contributed by atoms with E-state index in [1.54, 1.807) is 7.11 Å². The van der Waals surface area contributed by atoms with E-state index < -0.39 is 5.60 Å². The van der Waals surface area contributed by atoms with Gasteiger partial charge in [0.15, 0.2) is 0 Å². The van der Waals surface area contributed by atoms with Gasteiger partial charge in [-0.25, -0.2) is 4.98 Å². The molecule has 0 aliphatic carbocycles. The Hall–Kier alpha value is -2.91. The van der Waals surface area contributed by atoms with Crippen molar-refractivity contribution >= 4 is 17.7 Å². The molecule has 2 heterocycles. The van der Waals surface area contributed by atoms with Gasteiger partial charge >= 0.3 is 5.97 Å². The Bertz CT molecular complexity index is 1080. The Morgan fingerprint density at radius 1 is 1.25 bits per heavy atom. The van der Waals surface area contributed by atoms with Crippen LogP contribution in [0, 0.1) is 6.92 Å². The van der Waals surface area contributed by atoms with E-state index in [0.29, 0.717) is 25.2 Å². The number of likely N-dealkylation sites (tertiary alicyclic amines) is 1. The fourth-order valence-electron chi connectivity index (χ4n) is 5.05. The van der Waals surface area contributed by atoms with Gasteiger partial charge in [0.05, 0.1) is 7.11 Å². The van der Waals surface area contributed by atoms with Crippen LogP contribution in [0.1, 0.15) is 97.0 Å². The van der Waals surface area contributed by atoms with Crippen molar-refractivity contribution in [1.29, 1.82) is 0 Å². The Labute approximate surface area is 241 Å². The first-order valence-corrected chi connectivity index (χ1v) is 13.7. The maximum absolute atomic E-state index is 12.8. The molecule has 1 saturated heterocycles. The number of carbonyl (C=O) groups is 1. The largest absolute Gasteiger partial charge is 0.496 e. The summed E-state index contributed by atoms with van der Waals surface area (Å²) in [6.07, 6.45) is 4.90. The van der Waals surface area contributed by atoms with Crippen LogP contribution in [0.4, 0.5) is 11.8 Å². The quantitative estimate of drug-likeness (QED) is 0.289. The number of nitrogens with one attached hydrogen (secondary N) is 1. The van der Waals surface area contributed by atoms with E-state index in [4.69, 9.17) is 15.2 Å². The van der Waals surface area contributed by atoms with Crippen LogP contribution in [0.5, 0.6) is 5.75 Å². The van der Waals surface area contributed by atoms with Crippen LogP contribution in [-0.2, 0) is 22.5 Å². The van der Waals surface area contributed by atoms with Crippen LogP contribution >= 0.6 is 0 Å². The predicted octanol–water partition coefficient (Wildman–Crippen LogP) is 5.51. The molecule has 2 atom stereocenters. The lowest BCUT2D eigenvalue weighted by molar-refractivity contribution is -0.160. The molecule has 0 bridgehead atoms. The summed E-state index contributed by atoms with van der Waals surface area (Å²) in [5.41, 5.74) is 9.34. The lowest BCUT2D eigenvalue weighted by atomic mass is 10.0. The fourth-order valence-corrected chi connectivity index (χ4v) is 5.05. The fraction of sp³-hybridized carbons (Fsp3) is 0.645. The lowest BCUT2D eigenvalue weighted by Crippen LogP contribution is -2.40. The number of aliphatic hydroxyl groups excluding tert-OH is 1. The van der Waals surface area contributed by atoms with Gasteiger partial charge in [-0.15, -0.1) is 0 Å². The standard InChI is InChI=1S/C29H45N5O4.2CH4/c1-7-9-22(13-15-35)32-26-23(19(2)31-28(30)33-26)17-21-12-11-20(16-25(21)37-6)18-34-14-8-10-24(34)27(36)38-29(3,4)5;;/h11-12,16,22,24,35H,7-10,13-15,17-18H2,1-6H3,(H3,30,31,32,33);2*1H4/t22-,24+;;/m0../s1. The number of carbonyl (C=O) groups excluding carboxylic acids is 1. The van der Waals surface area contributed by atoms with Gasteiger partial charge in [0, 0.05) is 36.9 Å². The number of aliphatic hydroxyl groups is 1. The molecule has 1 fully saturated rings. The molecule has 9 heteroatoms. The van der Waals surface area contributed by atoms with E-state index in [2.05, 4.69) is 39.2 Å². The highest BCUT2D eigenvalue weighted by molar-refractivity contribution is 5.76. The van der Waals surface area contributed by atoms with Crippen LogP contribution in [-0.4, -0.2) is 63.9 Å². The summed E-state index contributed by atoms with van der Waals surface area (Å²) in [7, 11) is 1.67. The van der Waals surface area contributed by atoms with Crippen molar-refractivity contribution in [3.8, 4) is 5.75 Å². The van der Waals surface area contributed by atoms with Gasteiger partial charge in [-0.2, -0.15) is 4.98 Å². The van der Waals surface area contributed by atoms with E-state index in [0.717, 1.165) is 60.4 Å². The van der Waals surface area contributed by atoms with Crippen LogP contribution < -0.4 is 15.8 Å². The van der Waals surface area contributed by atoms with Crippen molar-refractivity contribution in [3.63, 3.8) is 0 Å². The maximum atomic E-state index is 12.8. The highest BCUT2D eigenvalue weighted by Gasteiger charge is 2.34. The van der Waals surface area contributed by atoms with E-state index in [-0.39, 0.29) is 45.5 Å². The molecule has 0 unspecified atom stereocenters. The summed E-state index contributed by atoms with van der Waals surface area (Å²) < 4.78 is 11.5. The molecule has 0 amide bonds. The number of nitrogens with two attached hydrogens (primary N) is 1. The number of anilines is 2. The molecular formula is C31H53N5O4. The second-order valence-corrected chi connectivity index (χ2v) is 11.1. The minimum absolute atomic E-state index is 0. The minimum Gasteiger partial charge on any atom is -0.496 e. The molecule has 4 N–H and O–H groups in total. The number of methoxy groups -OCH3 is 1. The van der Waals surface area contributed by atoms with Gasteiger partial charge in [0.2, 0.25) is 5.95 Å². The molecule has 1 aliphatic rings. The average Bonchev–Trinajstić information content (AvgIpc) is 3.29. The molecule has 9 nitrogen and oxygen atoms in total. The van der Waals surface area contributed by atoms with Gasteiger partial charge in [-0.05, 0) is 77.1 Å². The number of benzene rings is 1. The van der Waals surface area contributed by atoms with Crippen LogP contribution in [0.3, 0.4) is 0 Å². The summed E-state index contributed by atoms with van der Waals surface area (Å²) in [6.45, 7) is 11.4. The summed E-state index contributed by atoms with van der Waals surface area (Å²) in [5.74, 6) is 1.55. The van der Waals surface area contributed by atoms with Crippen molar-refractivity contribution in [3.05, 3.63) is 40.6 Å². The average molecular weight is 560 g/mol. The molecule has 0 saturated carbocycles. The molecule has 0 spiro atoms. The first-order valence-electron chi connectivity index (χ1n) is 13.7. The van der Waals surface area contributed by atoms with E-state index in [9.17, 15) is 9.90 Å². The Balaban J connectivity index is 0.00000400. The van der Waals surface area contributed by atoms with Crippen molar-refractivity contribution in [2.24, 2.45) is 0 Å². The summed E-state index contributed by atoms with van der Waals surface area (Å²) >= 11 is 0. The highest BCUT2D eigenvalue weighted by Crippen LogP contribution is 2.30. The second-order valence-electron chi connectivity index (χ2n) is 11.1. The summed E-state index contributed by atoms with van der Waals surface area (Å²) in [4.78, 5) is 23.9. The predicted molar refractivity (Wildman–Crippen MR) is 164 cm³/mol. The van der Waals surface area contributed by atoms with Gasteiger partial charge in [0.1, 0.15) is 23.2 Å². The molecule has 0 radical (unpaired) electrons. The molecule has 40 heavy (non-hydrogen) atoms. The monoisotopic (exact) mass is 559 g/mol. The van der Waals surface area contributed by atoms with Gasteiger partial charge in [-0.1, -0.05) is 40.3 Å². The van der Waals surface area contributed by atoms with Gasteiger partial charge < -0.3 is 25.6 Å². The van der Waals surface area contributed by atoms with Gasteiger partial charge in [-0.3, -0.25) is 9.69 Å². The number of nitrogen functional groups attached to an aromatic ring is 1. The van der Waals surface area contributed by atoms with Crippen LogP contribution in [0.2, 0.25) is 0 Å². The molecule has 3 rings (SSSR count). The Morgan fingerprint density at radius 2 is 1.98 bits per heavy atom. The number of nitrogens with zero attached hydrogens (tertiary/aromatic N) is 3. The second kappa shape index (κ2) is 15.8. The molecule has 1 aliphatic heterocycles. The van der Waals surface area contributed by atoms with E-state index >= 15 is 0 Å². The number of rotatable bonds is 12. The molecule has 226 valence electrons. The van der Waals surface area contributed by atoms with Crippen molar-refractivity contribution in [2.45, 2.75) is 112 Å².